The lowest BCUT2D eigenvalue weighted by Crippen LogP contribution is -2.43. The van der Waals surface area contributed by atoms with Crippen LogP contribution in [0.1, 0.15) is 23.7 Å². The third kappa shape index (κ3) is 4.72. The van der Waals surface area contributed by atoms with Gasteiger partial charge in [0.05, 0.1) is 18.0 Å². The summed E-state index contributed by atoms with van der Waals surface area (Å²) < 4.78 is 0. The molecule has 3 rings (SSSR count). The van der Waals surface area contributed by atoms with Gasteiger partial charge in [0.25, 0.3) is 0 Å². The summed E-state index contributed by atoms with van der Waals surface area (Å²) in [7, 11) is 3.41. The molecule has 0 saturated carbocycles. The van der Waals surface area contributed by atoms with E-state index >= 15 is 0 Å². The van der Waals surface area contributed by atoms with E-state index in [1.165, 1.54) is 9.80 Å². The number of nitriles is 1. The predicted octanol–water partition coefficient (Wildman–Crippen LogP) is 3.12. The average Bonchev–Trinajstić information content (AvgIpc) is 3.24. The van der Waals surface area contributed by atoms with E-state index in [2.05, 4.69) is 18.0 Å². The average molecular weight is 467 g/mol. The smallest absolute Gasteiger partial charge is 0.243 e. The number of aliphatic hydroxyl groups excluding tert-OH is 1. The van der Waals surface area contributed by atoms with E-state index in [-0.39, 0.29) is 25.4 Å². The molecule has 1 fully saturated rings. The van der Waals surface area contributed by atoms with Crippen LogP contribution in [0.3, 0.4) is 0 Å². The number of aldehydes is 1. The number of para-hydroxylation sites is 1. The topological polar surface area (TPSA) is 96.7 Å². The highest BCUT2D eigenvalue weighted by Gasteiger charge is 2.48. The van der Waals surface area contributed by atoms with Crippen LogP contribution in [0.25, 0.3) is 0 Å². The second-order valence-corrected chi connectivity index (χ2v) is 8.62. The van der Waals surface area contributed by atoms with Gasteiger partial charge in [-0.2, -0.15) is 5.26 Å². The van der Waals surface area contributed by atoms with Crippen molar-refractivity contribution in [2.75, 3.05) is 32.5 Å². The van der Waals surface area contributed by atoms with Gasteiger partial charge in [0.1, 0.15) is 18.4 Å². The Kier molecular flexibility index (Phi) is 7.42. The quantitative estimate of drug-likeness (QED) is 0.580. The van der Waals surface area contributed by atoms with Crippen LogP contribution in [0.15, 0.2) is 60.8 Å². The molecule has 1 saturated heterocycles. The standard InChI is InChI=1S/C25H27ClN4O3/c1-17(24(33)19-8-4-6-10-21(19)26)29(3)14-23(32)30-15-25(16-31,12-18(30)13-27)20-9-5-7-11-22(20)28-2/h4-11,16,18,24,28,33H,1,12,14-15H2,2-3H3. The van der Waals surface area contributed by atoms with Crippen LogP contribution in [0, 0.1) is 11.3 Å². The number of amides is 1. The third-order valence-corrected chi connectivity index (χ3v) is 6.54. The van der Waals surface area contributed by atoms with Gasteiger partial charge in [0.2, 0.25) is 5.91 Å². The fourth-order valence-electron chi connectivity index (χ4n) is 4.27. The van der Waals surface area contributed by atoms with Gasteiger partial charge in [-0.25, -0.2) is 0 Å². The van der Waals surface area contributed by atoms with Crippen LogP contribution in [0.2, 0.25) is 5.02 Å². The predicted molar refractivity (Wildman–Crippen MR) is 128 cm³/mol. The number of aliphatic hydroxyl groups is 1. The number of benzene rings is 2. The monoisotopic (exact) mass is 466 g/mol. The van der Waals surface area contributed by atoms with Crippen molar-refractivity contribution in [3.05, 3.63) is 77.0 Å². The zero-order valence-corrected chi connectivity index (χ0v) is 19.4. The number of nitrogens with zero attached hydrogens (tertiary/aromatic N) is 3. The van der Waals surface area contributed by atoms with Crippen molar-refractivity contribution in [3.8, 4) is 6.07 Å². The summed E-state index contributed by atoms with van der Waals surface area (Å²) in [5.41, 5.74) is 1.34. The maximum absolute atomic E-state index is 13.2. The molecule has 1 amide bonds. The van der Waals surface area contributed by atoms with E-state index in [0.717, 1.165) is 17.5 Å². The minimum absolute atomic E-state index is 0.0969. The first-order valence-corrected chi connectivity index (χ1v) is 10.9. The van der Waals surface area contributed by atoms with Crippen molar-refractivity contribution in [3.63, 3.8) is 0 Å². The van der Waals surface area contributed by atoms with Crippen molar-refractivity contribution >= 4 is 29.5 Å². The lowest BCUT2D eigenvalue weighted by atomic mass is 9.79. The fraction of sp³-hybridized carbons (Fsp3) is 0.320. The highest BCUT2D eigenvalue weighted by atomic mass is 35.5. The summed E-state index contributed by atoms with van der Waals surface area (Å²) in [6.07, 6.45) is -0.0343. The summed E-state index contributed by atoms with van der Waals surface area (Å²) in [5.74, 6) is -0.331. The molecular formula is C25H27ClN4O3. The molecule has 0 radical (unpaired) electrons. The van der Waals surface area contributed by atoms with E-state index in [0.29, 0.717) is 16.3 Å². The molecule has 8 heteroatoms. The highest BCUT2D eigenvalue weighted by Crippen LogP contribution is 2.40. The highest BCUT2D eigenvalue weighted by molar-refractivity contribution is 6.31. The number of rotatable bonds is 8. The number of hydrogen-bond donors (Lipinski definition) is 2. The van der Waals surface area contributed by atoms with E-state index in [1.54, 1.807) is 38.4 Å². The molecule has 172 valence electrons. The second kappa shape index (κ2) is 10.1. The zero-order valence-electron chi connectivity index (χ0n) is 18.7. The van der Waals surface area contributed by atoms with Crippen LogP contribution in [0.5, 0.6) is 0 Å². The van der Waals surface area contributed by atoms with Crippen LogP contribution in [-0.2, 0) is 15.0 Å². The molecule has 1 aliphatic rings. The lowest BCUT2D eigenvalue weighted by molar-refractivity contribution is -0.132. The van der Waals surface area contributed by atoms with E-state index < -0.39 is 17.6 Å². The molecule has 2 aromatic carbocycles. The molecule has 0 aliphatic carbocycles. The number of halogens is 1. The molecule has 3 unspecified atom stereocenters. The summed E-state index contributed by atoms with van der Waals surface area (Å²) in [6, 6.07) is 15.7. The summed E-state index contributed by atoms with van der Waals surface area (Å²) in [4.78, 5) is 28.5. The first-order valence-electron chi connectivity index (χ1n) is 10.5. The fourth-order valence-corrected chi connectivity index (χ4v) is 4.51. The van der Waals surface area contributed by atoms with E-state index in [9.17, 15) is 20.0 Å². The Morgan fingerprint density at radius 1 is 1.39 bits per heavy atom. The van der Waals surface area contributed by atoms with Gasteiger partial charge in [-0.05, 0) is 24.1 Å². The minimum atomic E-state index is -1.08. The Bertz CT molecular complexity index is 1100. The van der Waals surface area contributed by atoms with Gasteiger partial charge >= 0.3 is 0 Å². The Labute approximate surface area is 198 Å². The molecule has 1 heterocycles. The Morgan fingerprint density at radius 2 is 2.06 bits per heavy atom. The van der Waals surface area contributed by atoms with Crippen LogP contribution < -0.4 is 5.32 Å². The van der Waals surface area contributed by atoms with Crippen molar-refractivity contribution in [2.24, 2.45) is 0 Å². The van der Waals surface area contributed by atoms with Crippen molar-refractivity contribution in [2.45, 2.75) is 24.0 Å². The molecule has 0 aromatic heterocycles. The molecular weight excluding hydrogens is 440 g/mol. The number of hydrogen-bond acceptors (Lipinski definition) is 6. The summed E-state index contributed by atoms with van der Waals surface area (Å²) in [6.45, 7) is 3.91. The molecule has 1 aliphatic heterocycles. The zero-order chi connectivity index (χ0) is 24.2. The van der Waals surface area contributed by atoms with Crippen molar-refractivity contribution < 1.29 is 14.7 Å². The van der Waals surface area contributed by atoms with Crippen LogP contribution >= 0.6 is 11.6 Å². The maximum atomic E-state index is 13.2. The Morgan fingerprint density at radius 3 is 2.70 bits per heavy atom. The molecule has 2 aromatic rings. The van der Waals surface area contributed by atoms with Gasteiger partial charge in [0.15, 0.2) is 0 Å². The first kappa shape index (κ1) is 24.3. The summed E-state index contributed by atoms with van der Waals surface area (Å²) >= 11 is 6.18. The normalized spacial score (nSPS) is 20.6. The number of anilines is 1. The number of likely N-dealkylation sites (N-methyl/N-ethyl adjacent to an activating group) is 1. The largest absolute Gasteiger partial charge is 0.388 e. The molecule has 3 atom stereocenters. The molecule has 0 bridgehead atoms. The Balaban J connectivity index is 1.79. The molecule has 7 nitrogen and oxygen atoms in total. The molecule has 0 spiro atoms. The molecule has 33 heavy (non-hydrogen) atoms. The van der Waals surface area contributed by atoms with Crippen molar-refractivity contribution in [1.82, 2.24) is 9.80 Å². The Hall–Kier alpha value is -3.34. The second-order valence-electron chi connectivity index (χ2n) is 8.21. The SMILES string of the molecule is C=C(C(O)c1ccccc1Cl)N(C)CC(=O)N1CC(C=O)(c2ccccc2NC)CC1C#N. The van der Waals surface area contributed by atoms with Crippen molar-refractivity contribution in [1.29, 1.82) is 5.26 Å². The van der Waals surface area contributed by atoms with Crippen LogP contribution in [0.4, 0.5) is 5.69 Å². The first-order chi connectivity index (χ1) is 15.8. The van der Waals surface area contributed by atoms with E-state index in [1.807, 2.05) is 24.3 Å². The maximum Gasteiger partial charge on any atom is 0.243 e. The third-order valence-electron chi connectivity index (χ3n) is 6.19. The minimum Gasteiger partial charge on any atom is -0.388 e. The number of carbonyl (C=O) groups excluding carboxylic acids is 2. The van der Waals surface area contributed by atoms with Gasteiger partial charge in [-0.3, -0.25) is 4.79 Å². The summed E-state index contributed by atoms with van der Waals surface area (Å²) in [5, 5.41) is 23.9. The number of carbonyl (C=O) groups is 2. The number of likely N-dealkylation sites (tertiary alicyclic amines) is 1. The molecule has 2 N–H and O–H groups in total. The van der Waals surface area contributed by atoms with Gasteiger partial charge in [-0.1, -0.05) is 54.6 Å². The lowest BCUT2D eigenvalue weighted by Gasteiger charge is -2.29. The van der Waals surface area contributed by atoms with Gasteiger partial charge < -0.3 is 25.0 Å². The van der Waals surface area contributed by atoms with Crippen LogP contribution in [-0.4, -0.2) is 60.3 Å². The van der Waals surface area contributed by atoms with E-state index in [4.69, 9.17) is 11.6 Å². The van der Waals surface area contributed by atoms with Gasteiger partial charge in [0, 0.05) is 42.6 Å². The van der Waals surface area contributed by atoms with Gasteiger partial charge in [-0.15, -0.1) is 0 Å². The number of nitrogens with one attached hydrogen (secondary N) is 1.